The van der Waals surface area contributed by atoms with Crippen molar-refractivity contribution in [3.63, 3.8) is 0 Å². The fourth-order valence-corrected chi connectivity index (χ4v) is 4.45. The summed E-state index contributed by atoms with van der Waals surface area (Å²) in [5.41, 5.74) is -1.31. The van der Waals surface area contributed by atoms with Gasteiger partial charge < -0.3 is 9.84 Å². The summed E-state index contributed by atoms with van der Waals surface area (Å²) in [4.78, 5) is 0. The highest BCUT2D eigenvalue weighted by Crippen LogP contribution is 2.53. The molecule has 138 valence electrons. The van der Waals surface area contributed by atoms with Crippen molar-refractivity contribution in [2.45, 2.75) is 34.8 Å². The Hall–Kier alpha value is -1.08. The largest absolute Gasteiger partial charge is 0.477 e. The molecule has 0 bridgehead atoms. The Morgan fingerprint density at radius 1 is 1.29 bits per heavy atom. The third-order valence-electron chi connectivity index (χ3n) is 3.20. The van der Waals surface area contributed by atoms with Gasteiger partial charge in [-0.3, -0.25) is 0 Å². The first kappa shape index (κ1) is 19.2. The van der Waals surface area contributed by atoms with Gasteiger partial charge in [0.15, 0.2) is 21.5 Å². The summed E-state index contributed by atoms with van der Waals surface area (Å²) >= 11 is 0.121. The smallest absolute Gasteiger partial charge is 0.456 e. The van der Waals surface area contributed by atoms with E-state index in [0.717, 1.165) is 0 Å². The van der Waals surface area contributed by atoms with Gasteiger partial charge in [-0.05, 0) is 0 Å². The van der Waals surface area contributed by atoms with Crippen LogP contribution >= 0.6 is 11.3 Å². The lowest BCUT2D eigenvalue weighted by atomic mass is 10.2. The SMILES string of the molecule is CS(=O)(=O)c1sc(OCC(F)(F)C(F)(F)F)c2c1[C@H](O)C(F)(F)C2. The van der Waals surface area contributed by atoms with Gasteiger partial charge in [0, 0.05) is 23.8 Å². The Labute approximate surface area is 134 Å². The van der Waals surface area contributed by atoms with Crippen molar-refractivity contribution in [3.8, 4) is 5.06 Å². The zero-order valence-corrected chi connectivity index (χ0v) is 13.3. The normalized spacial score (nSPS) is 21.0. The topological polar surface area (TPSA) is 63.6 Å². The van der Waals surface area contributed by atoms with Gasteiger partial charge in [-0.25, -0.2) is 17.2 Å². The number of alkyl halides is 7. The van der Waals surface area contributed by atoms with Crippen LogP contribution in [-0.2, 0) is 16.3 Å². The minimum absolute atomic E-state index is 0.121. The summed E-state index contributed by atoms with van der Waals surface area (Å²) in [6, 6.07) is 0. The summed E-state index contributed by atoms with van der Waals surface area (Å²) in [7, 11) is -4.14. The molecule has 0 aromatic carbocycles. The van der Waals surface area contributed by atoms with Gasteiger partial charge in [-0.15, -0.1) is 0 Å². The first-order valence-electron chi connectivity index (χ1n) is 6.07. The average molecular weight is 402 g/mol. The van der Waals surface area contributed by atoms with Crippen LogP contribution in [0.2, 0.25) is 0 Å². The summed E-state index contributed by atoms with van der Waals surface area (Å²) in [5, 5.41) is 8.72. The number of thiophene rings is 1. The lowest BCUT2D eigenvalue weighted by molar-refractivity contribution is -0.289. The standard InChI is InChI=1S/C11H9F7O4S2/c1-24(20,21)8-5-4(2-9(12,13)6(5)19)7(23-8)22-3-10(14,15)11(16,17)18/h6,19H,2-3H2,1H3/t6-/m0/s1. The number of ether oxygens (including phenoxy) is 1. The number of hydrogen-bond acceptors (Lipinski definition) is 5. The second kappa shape index (κ2) is 5.46. The van der Waals surface area contributed by atoms with Crippen molar-refractivity contribution in [1.82, 2.24) is 0 Å². The van der Waals surface area contributed by atoms with Gasteiger partial charge in [0.1, 0.15) is 10.3 Å². The molecule has 2 rings (SSSR count). The zero-order valence-electron chi connectivity index (χ0n) is 11.6. The molecule has 1 aromatic rings. The predicted molar refractivity (Wildman–Crippen MR) is 67.5 cm³/mol. The van der Waals surface area contributed by atoms with E-state index in [4.69, 9.17) is 0 Å². The number of sulfone groups is 1. The zero-order chi connectivity index (χ0) is 18.7. The van der Waals surface area contributed by atoms with E-state index >= 15 is 0 Å². The average Bonchev–Trinajstić information content (AvgIpc) is 2.81. The van der Waals surface area contributed by atoms with E-state index in [9.17, 15) is 44.3 Å². The van der Waals surface area contributed by atoms with Crippen LogP contribution in [0.5, 0.6) is 5.06 Å². The Balaban J connectivity index is 2.43. The fourth-order valence-electron chi connectivity index (χ4n) is 2.05. The van der Waals surface area contributed by atoms with Crippen molar-refractivity contribution in [2.75, 3.05) is 12.9 Å². The van der Waals surface area contributed by atoms with E-state index in [-0.39, 0.29) is 11.3 Å². The van der Waals surface area contributed by atoms with Crippen LogP contribution in [-0.4, -0.2) is 44.4 Å². The summed E-state index contributed by atoms with van der Waals surface area (Å²) in [6.07, 6.45) is -9.05. The molecule has 1 aliphatic rings. The number of aliphatic hydroxyl groups is 1. The van der Waals surface area contributed by atoms with Gasteiger partial charge in [0.25, 0.3) is 5.92 Å². The van der Waals surface area contributed by atoms with Gasteiger partial charge in [-0.2, -0.15) is 22.0 Å². The van der Waals surface area contributed by atoms with Gasteiger partial charge in [-0.1, -0.05) is 11.3 Å². The molecule has 0 saturated heterocycles. The first-order valence-corrected chi connectivity index (χ1v) is 8.77. The molecule has 0 fully saturated rings. The van der Waals surface area contributed by atoms with Crippen molar-refractivity contribution in [3.05, 3.63) is 11.1 Å². The second-order valence-electron chi connectivity index (χ2n) is 5.17. The van der Waals surface area contributed by atoms with Crippen LogP contribution in [0.1, 0.15) is 17.2 Å². The molecule has 24 heavy (non-hydrogen) atoms. The highest BCUT2D eigenvalue weighted by Gasteiger charge is 2.59. The van der Waals surface area contributed by atoms with Crippen LogP contribution in [0.25, 0.3) is 0 Å². The fraction of sp³-hybridized carbons (Fsp3) is 0.636. The van der Waals surface area contributed by atoms with E-state index in [1.165, 1.54) is 0 Å². The summed E-state index contributed by atoms with van der Waals surface area (Å²) in [5.74, 6) is -9.04. The Kier molecular flexibility index (Phi) is 4.38. The van der Waals surface area contributed by atoms with Crippen molar-refractivity contribution in [1.29, 1.82) is 0 Å². The van der Waals surface area contributed by atoms with Crippen LogP contribution < -0.4 is 4.74 Å². The number of hydrogen-bond donors (Lipinski definition) is 1. The lowest BCUT2D eigenvalue weighted by Crippen LogP contribution is -2.41. The van der Waals surface area contributed by atoms with Crippen molar-refractivity contribution in [2.24, 2.45) is 0 Å². The molecule has 1 heterocycles. The number of rotatable bonds is 4. The molecule has 0 radical (unpaired) electrons. The van der Waals surface area contributed by atoms with Crippen LogP contribution in [0.4, 0.5) is 30.7 Å². The van der Waals surface area contributed by atoms with E-state index in [0.29, 0.717) is 6.26 Å². The maximum atomic E-state index is 13.6. The lowest BCUT2D eigenvalue weighted by Gasteiger charge is -2.19. The summed E-state index contributed by atoms with van der Waals surface area (Å²) in [6.45, 7) is -2.20. The number of halogens is 7. The van der Waals surface area contributed by atoms with E-state index < -0.39 is 67.4 Å². The minimum atomic E-state index is -5.92. The third-order valence-corrected chi connectivity index (χ3v) is 6.21. The molecule has 1 aromatic heterocycles. The van der Waals surface area contributed by atoms with Gasteiger partial charge in [0.2, 0.25) is 0 Å². The monoisotopic (exact) mass is 402 g/mol. The first-order chi connectivity index (χ1) is 10.6. The highest BCUT2D eigenvalue weighted by atomic mass is 32.2. The maximum Gasteiger partial charge on any atom is 0.456 e. The third kappa shape index (κ3) is 3.20. The van der Waals surface area contributed by atoms with Crippen molar-refractivity contribution < 1.29 is 49.0 Å². The Morgan fingerprint density at radius 2 is 1.83 bits per heavy atom. The highest BCUT2D eigenvalue weighted by molar-refractivity contribution is 7.92. The Bertz CT molecular complexity index is 751. The van der Waals surface area contributed by atoms with Crippen LogP contribution in [0.3, 0.4) is 0 Å². The molecule has 1 aliphatic carbocycles. The van der Waals surface area contributed by atoms with Gasteiger partial charge >= 0.3 is 12.1 Å². The molecule has 1 atom stereocenters. The molecule has 0 unspecified atom stereocenters. The molecule has 4 nitrogen and oxygen atoms in total. The maximum absolute atomic E-state index is 13.6. The second-order valence-corrected chi connectivity index (χ2v) is 8.37. The predicted octanol–water partition coefficient (Wildman–Crippen LogP) is 2.95. The van der Waals surface area contributed by atoms with Crippen LogP contribution in [0, 0.1) is 0 Å². The minimum Gasteiger partial charge on any atom is -0.477 e. The quantitative estimate of drug-likeness (QED) is 0.787. The van der Waals surface area contributed by atoms with Crippen molar-refractivity contribution >= 4 is 21.2 Å². The molecule has 0 saturated carbocycles. The molecule has 0 spiro atoms. The number of aliphatic hydroxyl groups excluding tert-OH is 1. The van der Waals surface area contributed by atoms with Crippen LogP contribution in [0.15, 0.2) is 4.21 Å². The molecule has 0 amide bonds. The molecule has 0 aliphatic heterocycles. The molecule has 1 N–H and O–H groups in total. The number of fused-ring (bicyclic) bond motifs is 1. The Morgan fingerprint density at radius 3 is 2.29 bits per heavy atom. The van der Waals surface area contributed by atoms with E-state index in [1.807, 2.05) is 0 Å². The van der Waals surface area contributed by atoms with E-state index in [2.05, 4.69) is 4.74 Å². The molecular weight excluding hydrogens is 393 g/mol. The summed E-state index contributed by atoms with van der Waals surface area (Å²) < 4.78 is 116. The van der Waals surface area contributed by atoms with E-state index in [1.54, 1.807) is 0 Å². The molecule has 13 heteroatoms. The van der Waals surface area contributed by atoms with Gasteiger partial charge in [0.05, 0.1) is 0 Å². The molecular formula is C11H9F7O4S2.